The van der Waals surface area contributed by atoms with E-state index in [0.717, 1.165) is 12.1 Å². The van der Waals surface area contributed by atoms with Gasteiger partial charge in [-0.15, -0.1) is 5.10 Å². The van der Waals surface area contributed by atoms with Crippen molar-refractivity contribution < 1.29 is 0 Å². The summed E-state index contributed by atoms with van der Waals surface area (Å²) in [5, 5.41) is 11.1. The Balaban J connectivity index is 2.12. The standard InChI is InChI=1S/C15H18N4S/c1-2-3-4-11-5-7-12(8-6-11)18-15-13(14(16)20)9-10-17-19-15/h5-10H,2-4H2,1H3,(H2,16,20)(H,18,19). The minimum atomic E-state index is 0.307. The SMILES string of the molecule is CCCCc1ccc(Nc2nnccc2C(N)=S)cc1. The van der Waals surface area contributed by atoms with Gasteiger partial charge >= 0.3 is 0 Å². The fourth-order valence-corrected chi connectivity index (χ4v) is 2.06. The molecule has 2 rings (SSSR count). The van der Waals surface area contributed by atoms with Crippen LogP contribution in [0, 0.1) is 0 Å². The number of aryl methyl sites for hydroxylation is 1. The highest BCUT2D eigenvalue weighted by atomic mass is 32.1. The van der Waals surface area contributed by atoms with Crippen molar-refractivity contribution in [3.63, 3.8) is 0 Å². The van der Waals surface area contributed by atoms with E-state index in [1.54, 1.807) is 12.3 Å². The Labute approximate surface area is 124 Å². The van der Waals surface area contributed by atoms with Crippen LogP contribution in [0.15, 0.2) is 36.5 Å². The summed E-state index contributed by atoms with van der Waals surface area (Å²) >= 11 is 5.00. The zero-order chi connectivity index (χ0) is 14.4. The van der Waals surface area contributed by atoms with Gasteiger partial charge in [0.1, 0.15) is 4.99 Å². The third kappa shape index (κ3) is 3.74. The summed E-state index contributed by atoms with van der Waals surface area (Å²) < 4.78 is 0. The first-order valence-electron chi connectivity index (χ1n) is 6.68. The fourth-order valence-electron chi connectivity index (χ4n) is 1.90. The molecule has 1 heterocycles. The molecule has 0 amide bonds. The van der Waals surface area contributed by atoms with E-state index < -0.39 is 0 Å². The predicted molar refractivity (Wildman–Crippen MR) is 86.3 cm³/mol. The molecule has 0 saturated carbocycles. The van der Waals surface area contributed by atoms with Gasteiger partial charge < -0.3 is 11.1 Å². The first-order valence-corrected chi connectivity index (χ1v) is 7.09. The minimum Gasteiger partial charge on any atom is -0.389 e. The normalized spacial score (nSPS) is 10.2. The van der Waals surface area contributed by atoms with Crippen LogP contribution in [-0.4, -0.2) is 15.2 Å². The van der Waals surface area contributed by atoms with Crippen LogP contribution >= 0.6 is 12.2 Å². The highest BCUT2D eigenvalue weighted by molar-refractivity contribution is 7.80. The second-order valence-electron chi connectivity index (χ2n) is 4.58. The summed E-state index contributed by atoms with van der Waals surface area (Å²) in [5.41, 5.74) is 8.66. The van der Waals surface area contributed by atoms with Gasteiger partial charge in [0.25, 0.3) is 0 Å². The van der Waals surface area contributed by atoms with Crippen LogP contribution in [0.2, 0.25) is 0 Å². The van der Waals surface area contributed by atoms with Crippen molar-refractivity contribution in [3.05, 3.63) is 47.7 Å². The van der Waals surface area contributed by atoms with Gasteiger partial charge in [-0.05, 0) is 36.6 Å². The Morgan fingerprint density at radius 3 is 2.65 bits per heavy atom. The molecule has 0 unspecified atom stereocenters. The summed E-state index contributed by atoms with van der Waals surface area (Å²) in [6, 6.07) is 10.1. The van der Waals surface area contributed by atoms with Crippen LogP contribution in [0.3, 0.4) is 0 Å². The molecular formula is C15H18N4S. The maximum Gasteiger partial charge on any atom is 0.163 e. The second kappa shape index (κ2) is 6.96. The maximum atomic E-state index is 5.67. The molecule has 0 bridgehead atoms. The van der Waals surface area contributed by atoms with Crippen molar-refractivity contribution in [2.45, 2.75) is 26.2 Å². The van der Waals surface area contributed by atoms with Crippen LogP contribution in [0.1, 0.15) is 30.9 Å². The first-order chi connectivity index (χ1) is 9.70. The highest BCUT2D eigenvalue weighted by Gasteiger charge is 2.06. The van der Waals surface area contributed by atoms with Gasteiger partial charge in [-0.25, -0.2) is 0 Å². The van der Waals surface area contributed by atoms with E-state index in [9.17, 15) is 0 Å². The Hall–Kier alpha value is -2.01. The largest absolute Gasteiger partial charge is 0.389 e. The lowest BCUT2D eigenvalue weighted by Gasteiger charge is -2.09. The van der Waals surface area contributed by atoms with Crippen molar-refractivity contribution in [3.8, 4) is 0 Å². The lowest BCUT2D eigenvalue weighted by Crippen LogP contribution is -2.13. The Kier molecular flexibility index (Phi) is 5.01. The van der Waals surface area contributed by atoms with Crippen molar-refractivity contribution in [2.75, 3.05) is 5.32 Å². The molecule has 0 aliphatic rings. The number of nitrogens with two attached hydrogens (primary N) is 1. The summed E-state index contributed by atoms with van der Waals surface area (Å²) in [6.45, 7) is 2.20. The monoisotopic (exact) mass is 286 g/mol. The van der Waals surface area contributed by atoms with Crippen molar-refractivity contribution in [1.82, 2.24) is 10.2 Å². The van der Waals surface area contributed by atoms with Crippen LogP contribution in [0.5, 0.6) is 0 Å². The van der Waals surface area contributed by atoms with E-state index in [2.05, 4.69) is 34.6 Å². The number of nitrogens with one attached hydrogen (secondary N) is 1. The summed E-state index contributed by atoms with van der Waals surface area (Å²) in [7, 11) is 0. The van der Waals surface area contributed by atoms with Crippen LogP contribution < -0.4 is 11.1 Å². The molecule has 20 heavy (non-hydrogen) atoms. The van der Waals surface area contributed by atoms with Gasteiger partial charge in [-0.2, -0.15) is 5.10 Å². The Morgan fingerprint density at radius 2 is 2.00 bits per heavy atom. The molecule has 1 aromatic heterocycles. The zero-order valence-electron chi connectivity index (χ0n) is 11.5. The number of thiocarbonyl (C=S) groups is 1. The molecule has 2 aromatic rings. The Morgan fingerprint density at radius 1 is 1.25 bits per heavy atom. The number of hydrogen-bond acceptors (Lipinski definition) is 4. The van der Waals surface area contributed by atoms with Gasteiger partial charge in [0.15, 0.2) is 5.82 Å². The number of benzene rings is 1. The van der Waals surface area contributed by atoms with E-state index in [0.29, 0.717) is 16.4 Å². The number of rotatable bonds is 6. The van der Waals surface area contributed by atoms with Gasteiger partial charge in [0, 0.05) is 5.69 Å². The van der Waals surface area contributed by atoms with Crippen LogP contribution in [0.25, 0.3) is 0 Å². The van der Waals surface area contributed by atoms with E-state index in [1.807, 2.05) is 12.1 Å². The second-order valence-corrected chi connectivity index (χ2v) is 5.02. The molecule has 0 atom stereocenters. The number of hydrogen-bond donors (Lipinski definition) is 2. The molecule has 0 aliphatic heterocycles. The molecule has 0 saturated heterocycles. The molecular weight excluding hydrogens is 268 g/mol. The zero-order valence-corrected chi connectivity index (χ0v) is 12.3. The van der Waals surface area contributed by atoms with Gasteiger partial charge in [0.2, 0.25) is 0 Å². The van der Waals surface area contributed by atoms with E-state index in [1.165, 1.54) is 18.4 Å². The lowest BCUT2D eigenvalue weighted by atomic mass is 10.1. The van der Waals surface area contributed by atoms with Gasteiger partial charge in [-0.3, -0.25) is 0 Å². The Bertz CT molecular complexity index is 581. The lowest BCUT2D eigenvalue weighted by molar-refractivity contribution is 0.795. The van der Waals surface area contributed by atoms with Crippen molar-refractivity contribution in [1.29, 1.82) is 0 Å². The predicted octanol–water partition coefficient (Wildman–Crippen LogP) is 3.20. The molecule has 0 aliphatic carbocycles. The van der Waals surface area contributed by atoms with Crippen LogP contribution in [0.4, 0.5) is 11.5 Å². The minimum absolute atomic E-state index is 0.307. The summed E-state index contributed by atoms with van der Waals surface area (Å²) in [4.78, 5) is 0.307. The third-order valence-electron chi connectivity index (χ3n) is 3.02. The summed E-state index contributed by atoms with van der Waals surface area (Å²) in [5.74, 6) is 0.585. The third-order valence-corrected chi connectivity index (χ3v) is 3.24. The number of aromatic nitrogens is 2. The molecule has 0 fully saturated rings. The first kappa shape index (κ1) is 14.4. The van der Waals surface area contributed by atoms with Crippen LogP contribution in [-0.2, 0) is 6.42 Å². The quantitative estimate of drug-likeness (QED) is 0.798. The fraction of sp³-hybridized carbons (Fsp3) is 0.267. The topological polar surface area (TPSA) is 63.8 Å². The van der Waals surface area contributed by atoms with E-state index >= 15 is 0 Å². The van der Waals surface area contributed by atoms with Gasteiger partial charge in [0.05, 0.1) is 11.8 Å². The van der Waals surface area contributed by atoms with Crippen molar-refractivity contribution in [2.24, 2.45) is 5.73 Å². The molecule has 0 radical (unpaired) electrons. The number of unbranched alkanes of at least 4 members (excludes halogenated alkanes) is 1. The van der Waals surface area contributed by atoms with E-state index in [-0.39, 0.29) is 0 Å². The number of anilines is 2. The van der Waals surface area contributed by atoms with E-state index in [4.69, 9.17) is 18.0 Å². The van der Waals surface area contributed by atoms with Crippen molar-refractivity contribution >= 4 is 28.7 Å². The van der Waals surface area contributed by atoms with Gasteiger partial charge in [-0.1, -0.05) is 37.7 Å². The molecule has 3 N–H and O–H groups in total. The molecule has 104 valence electrons. The number of nitrogens with zero attached hydrogens (tertiary/aromatic N) is 2. The average molecular weight is 286 g/mol. The highest BCUT2D eigenvalue weighted by Crippen LogP contribution is 2.18. The average Bonchev–Trinajstić information content (AvgIpc) is 2.47. The smallest absolute Gasteiger partial charge is 0.163 e. The maximum absolute atomic E-state index is 5.67. The molecule has 5 heteroatoms. The molecule has 1 aromatic carbocycles. The molecule has 0 spiro atoms. The molecule has 4 nitrogen and oxygen atoms in total. The summed E-state index contributed by atoms with van der Waals surface area (Å²) in [6.07, 6.45) is 5.10.